The third kappa shape index (κ3) is 8.14. The number of nitrogens with two attached hydrogens (primary N) is 1. The quantitative estimate of drug-likeness (QED) is 0.413. The van der Waals surface area contributed by atoms with E-state index < -0.39 is 23.1 Å². The Hall–Kier alpha value is -1.41. The van der Waals surface area contributed by atoms with Crippen molar-refractivity contribution in [2.75, 3.05) is 6.54 Å². The molecular formula is C14H25N3O4S. The second-order valence-corrected chi connectivity index (χ2v) is 5.74. The number of hydrogen-bond donors (Lipinski definition) is 4. The highest BCUT2D eigenvalue weighted by Gasteiger charge is 2.23. The van der Waals surface area contributed by atoms with Crippen molar-refractivity contribution in [1.82, 2.24) is 10.6 Å². The Morgan fingerprint density at radius 2 is 1.77 bits per heavy atom. The molecule has 3 atom stereocenters. The number of nitrogens with one attached hydrogen (secondary N) is 2. The van der Waals surface area contributed by atoms with Gasteiger partial charge in [-0.3, -0.25) is 19.2 Å². The Balaban J connectivity index is 4.19. The molecule has 0 spiro atoms. The lowest BCUT2D eigenvalue weighted by atomic mass is 10.0. The van der Waals surface area contributed by atoms with E-state index in [1.807, 2.05) is 13.8 Å². The van der Waals surface area contributed by atoms with E-state index in [0.717, 1.165) is 0 Å². The van der Waals surface area contributed by atoms with Crippen LogP contribution in [0.3, 0.4) is 0 Å². The molecular weight excluding hydrogens is 306 g/mol. The van der Waals surface area contributed by atoms with Crippen LogP contribution in [0.15, 0.2) is 0 Å². The van der Waals surface area contributed by atoms with Crippen molar-refractivity contribution >= 4 is 35.3 Å². The van der Waals surface area contributed by atoms with Crippen LogP contribution in [0.2, 0.25) is 0 Å². The van der Waals surface area contributed by atoms with Gasteiger partial charge in [0, 0.05) is 6.42 Å². The van der Waals surface area contributed by atoms with Crippen molar-refractivity contribution in [3.8, 4) is 0 Å². The number of ketones is 1. The summed E-state index contributed by atoms with van der Waals surface area (Å²) in [6.07, 6.45) is 1.01. The van der Waals surface area contributed by atoms with E-state index in [0.29, 0.717) is 6.42 Å². The maximum absolute atomic E-state index is 11.7. The summed E-state index contributed by atoms with van der Waals surface area (Å²) in [4.78, 5) is 45.6. The summed E-state index contributed by atoms with van der Waals surface area (Å²) in [7, 11) is 0. The Bertz CT molecular complexity index is 428. The predicted octanol–water partition coefficient (Wildman–Crippen LogP) is -0.214. The van der Waals surface area contributed by atoms with E-state index in [1.54, 1.807) is 0 Å². The number of carbonyl (C=O) groups is 4. The summed E-state index contributed by atoms with van der Waals surface area (Å²) in [6.45, 7) is 4.86. The molecule has 0 saturated carbocycles. The van der Waals surface area contributed by atoms with Gasteiger partial charge in [0.1, 0.15) is 11.8 Å². The Morgan fingerprint density at radius 3 is 2.23 bits per heavy atom. The van der Waals surface area contributed by atoms with Gasteiger partial charge < -0.3 is 16.4 Å². The summed E-state index contributed by atoms with van der Waals surface area (Å²) in [5.74, 6) is -1.06. The third-order valence-electron chi connectivity index (χ3n) is 3.45. The molecule has 0 aromatic carbocycles. The Morgan fingerprint density at radius 1 is 1.18 bits per heavy atom. The highest BCUT2D eigenvalue weighted by molar-refractivity contribution is 7.96. The molecule has 0 aromatic heterocycles. The SMILES string of the molecule is CC[C@H](C)[C@H](NC(=O)CNC(=O)CC[C@H](N)C(C)=O)C(=O)S. The van der Waals surface area contributed by atoms with Crippen LogP contribution in [0.5, 0.6) is 0 Å². The summed E-state index contributed by atoms with van der Waals surface area (Å²) in [5, 5.41) is 4.56. The van der Waals surface area contributed by atoms with Gasteiger partial charge in [-0.2, -0.15) is 0 Å². The predicted molar refractivity (Wildman–Crippen MR) is 86.3 cm³/mol. The smallest absolute Gasteiger partial charge is 0.240 e. The molecule has 0 aliphatic carbocycles. The fraction of sp³-hybridized carbons (Fsp3) is 0.714. The van der Waals surface area contributed by atoms with Crippen LogP contribution in [-0.2, 0) is 19.2 Å². The second-order valence-electron chi connectivity index (χ2n) is 5.30. The minimum Gasteiger partial charge on any atom is -0.347 e. The maximum Gasteiger partial charge on any atom is 0.240 e. The standard InChI is InChI=1S/C14H25N3O4S/c1-4-8(2)13(14(21)22)17-12(20)7-16-11(19)6-5-10(15)9(3)18/h8,10,13H,4-7,15H2,1-3H3,(H,16,19)(H,17,20)(H,21,22)/t8-,10-,13-/m0/s1. The van der Waals surface area contributed by atoms with E-state index in [1.165, 1.54) is 6.92 Å². The fourth-order valence-electron chi connectivity index (χ4n) is 1.66. The zero-order valence-corrected chi connectivity index (χ0v) is 14.1. The first-order valence-corrected chi connectivity index (χ1v) is 7.68. The molecule has 0 aliphatic rings. The normalized spacial score (nSPS) is 14.6. The van der Waals surface area contributed by atoms with Gasteiger partial charge >= 0.3 is 0 Å². The van der Waals surface area contributed by atoms with Gasteiger partial charge in [0.05, 0.1) is 12.6 Å². The first-order valence-electron chi connectivity index (χ1n) is 7.23. The van der Waals surface area contributed by atoms with E-state index in [2.05, 4.69) is 23.3 Å². The van der Waals surface area contributed by atoms with E-state index in [-0.39, 0.29) is 37.0 Å². The first-order chi connectivity index (χ1) is 10.2. The maximum atomic E-state index is 11.7. The van der Waals surface area contributed by atoms with Crippen LogP contribution in [0.25, 0.3) is 0 Å². The summed E-state index contributed by atoms with van der Waals surface area (Å²) in [5.41, 5.74) is 5.51. The third-order valence-corrected chi connectivity index (χ3v) is 3.72. The number of rotatable bonds is 10. The van der Waals surface area contributed by atoms with Crippen LogP contribution in [-0.4, -0.2) is 41.3 Å². The Labute approximate surface area is 136 Å². The van der Waals surface area contributed by atoms with Crippen molar-refractivity contribution in [1.29, 1.82) is 0 Å². The molecule has 4 N–H and O–H groups in total. The molecule has 0 unspecified atom stereocenters. The minimum atomic E-state index is -0.677. The zero-order valence-electron chi connectivity index (χ0n) is 13.2. The number of carbonyl (C=O) groups excluding carboxylic acids is 4. The molecule has 0 heterocycles. The lowest BCUT2D eigenvalue weighted by Crippen LogP contribution is -2.47. The molecule has 0 saturated heterocycles. The average Bonchev–Trinajstić information content (AvgIpc) is 2.46. The molecule has 0 aromatic rings. The molecule has 0 bridgehead atoms. The van der Waals surface area contributed by atoms with Crippen LogP contribution in [0.1, 0.15) is 40.0 Å². The molecule has 0 rings (SSSR count). The molecule has 0 fully saturated rings. The van der Waals surface area contributed by atoms with Gasteiger partial charge in [-0.25, -0.2) is 0 Å². The fourth-order valence-corrected chi connectivity index (χ4v) is 1.98. The van der Waals surface area contributed by atoms with Crippen LogP contribution in [0, 0.1) is 5.92 Å². The van der Waals surface area contributed by atoms with Gasteiger partial charge in [-0.1, -0.05) is 20.3 Å². The summed E-state index contributed by atoms with van der Waals surface area (Å²) in [6, 6.07) is -1.35. The summed E-state index contributed by atoms with van der Waals surface area (Å²) >= 11 is 3.76. The van der Waals surface area contributed by atoms with Crippen LogP contribution < -0.4 is 16.4 Å². The zero-order chi connectivity index (χ0) is 17.3. The first kappa shape index (κ1) is 20.6. The molecule has 0 aliphatic heterocycles. The van der Waals surface area contributed by atoms with E-state index in [9.17, 15) is 19.2 Å². The highest BCUT2D eigenvalue weighted by Crippen LogP contribution is 2.10. The highest BCUT2D eigenvalue weighted by atomic mass is 32.1. The van der Waals surface area contributed by atoms with E-state index >= 15 is 0 Å². The number of amides is 2. The van der Waals surface area contributed by atoms with Gasteiger partial charge in [0.15, 0.2) is 0 Å². The van der Waals surface area contributed by atoms with Crippen LogP contribution in [0.4, 0.5) is 0 Å². The van der Waals surface area contributed by atoms with Crippen molar-refractivity contribution in [2.24, 2.45) is 11.7 Å². The topological polar surface area (TPSA) is 118 Å². The van der Waals surface area contributed by atoms with Crippen molar-refractivity contribution in [2.45, 2.75) is 52.1 Å². The molecule has 126 valence electrons. The molecule has 0 radical (unpaired) electrons. The van der Waals surface area contributed by atoms with Crippen LogP contribution >= 0.6 is 12.6 Å². The Kier molecular flexibility index (Phi) is 9.68. The number of thiol groups is 1. The minimum absolute atomic E-state index is 0.0433. The number of hydrogen-bond acceptors (Lipinski definition) is 5. The molecule has 22 heavy (non-hydrogen) atoms. The van der Waals surface area contributed by atoms with Crippen molar-refractivity contribution in [3.05, 3.63) is 0 Å². The lowest BCUT2D eigenvalue weighted by molar-refractivity contribution is -0.128. The average molecular weight is 331 g/mol. The lowest BCUT2D eigenvalue weighted by Gasteiger charge is -2.21. The van der Waals surface area contributed by atoms with Gasteiger partial charge in [-0.15, -0.1) is 12.6 Å². The summed E-state index contributed by atoms with van der Waals surface area (Å²) < 4.78 is 0. The monoisotopic (exact) mass is 331 g/mol. The number of Topliss-reactive ketones (excluding diaryl/α,β-unsaturated/α-hetero) is 1. The van der Waals surface area contributed by atoms with Gasteiger partial charge in [0.2, 0.25) is 16.9 Å². The van der Waals surface area contributed by atoms with Gasteiger partial charge in [0.25, 0.3) is 0 Å². The van der Waals surface area contributed by atoms with Crippen molar-refractivity contribution < 1.29 is 19.2 Å². The van der Waals surface area contributed by atoms with Crippen molar-refractivity contribution in [3.63, 3.8) is 0 Å². The molecule has 7 nitrogen and oxygen atoms in total. The van der Waals surface area contributed by atoms with Gasteiger partial charge in [-0.05, 0) is 19.3 Å². The molecule has 8 heteroatoms. The van der Waals surface area contributed by atoms with E-state index in [4.69, 9.17) is 5.73 Å². The second kappa shape index (κ2) is 10.3. The largest absolute Gasteiger partial charge is 0.347 e. The molecule has 2 amide bonds.